The lowest BCUT2D eigenvalue weighted by atomic mass is 9.71. The normalized spacial score (nSPS) is 21.4. The van der Waals surface area contributed by atoms with Crippen molar-refractivity contribution in [3.63, 3.8) is 0 Å². The molecule has 0 fully saturated rings. The Morgan fingerprint density at radius 2 is 2.00 bits per heavy atom. The Morgan fingerprint density at radius 1 is 1.30 bits per heavy atom. The summed E-state index contributed by atoms with van der Waals surface area (Å²) >= 11 is 0. The van der Waals surface area contributed by atoms with Crippen LogP contribution in [0, 0.1) is 28.4 Å². The van der Waals surface area contributed by atoms with E-state index >= 15 is 0 Å². The molecule has 1 aliphatic heterocycles. The number of benzene rings is 1. The topological polar surface area (TPSA) is 118 Å². The number of nitrogens with zero attached hydrogens (tertiary/aromatic N) is 1. The number of nitro benzene ring substituents is 1. The molecule has 0 spiro atoms. The number of Topliss-reactive ketones (excluding diaryl/α,β-unsaturated/α-hetero) is 1. The molecule has 1 aliphatic carbocycles. The predicted molar refractivity (Wildman–Crippen MR) is 97.8 cm³/mol. The molecule has 1 aromatic rings. The van der Waals surface area contributed by atoms with Crippen LogP contribution in [0.4, 0.5) is 11.4 Å². The van der Waals surface area contributed by atoms with Crippen molar-refractivity contribution < 1.29 is 19.3 Å². The monoisotopic (exact) mass is 371 g/mol. The number of anilines is 1. The molecule has 0 saturated heterocycles. The number of rotatable bonds is 3. The summed E-state index contributed by atoms with van der Waals surface area (Å²) < 4.78 is 0. The highest BCUT2D eigenvalue weighted by molar-refractivity contribution is 6.09. The minimum atomic E-state index is -0.855. The summed E-state index contributed by atoms with van der Waals surface area (Å²) in [4.78, 5) is 47.9. The fourth-order valence-corrected chi connectivity index (χ4v) is 3.70. The molecule has 8 heteroatoms. The fourth-order valence-electron chi connectivity index (χ4n) is 3.70. The molecule has 1 heterocycles. The van der Waals surface area contributed by atoms with Crippen LogP contribution >= 0.6 is 0 Å². The molecule has 8 nitrogen and oxygen atoms in total. The van der Waals surface area contributed by atoms with E-state index in [9.17, 15) is 24.5 Å². The van der Waals surface area contributed by atoms with E-state index in [-0.39, 0.29) is 29.2 Å². The van der Waals surface area contributed by atoms with E-state index in [1.54, 1.807) is 6.92 Å². The number of nitro groups is 1. The van der Waals surface area contributed by atoms with Crippen molar-refractivity contribution >= 4 is 29.0 Å². The number of aryl methyl sites for hydroxylation is 1. The summed E-state index contributed by atoms with van der Waals surface area (Å²) in [6.07, 6.45) is 0.755. The number of hydrogen-bond donors (Lipinski definition) is 2. The maximum absolute atomic E-state index is 12.8. The van der Waals surface area contributed by atoms with E-state index < -0.39 is 16.7 Å². The van der Waals surface area contributed by atoms with Gasteiger partial charge >= 0.3 is 0 Å². The smallest absolute Gasteiger partial charge is 0.269 e. The highest BCUT2D eigenvalue weighted by Gasteiger charge is 2.42. The van der Waals surface area contributed by atoms with Crippen molar-refractivity contribution in [3.05, 3.63) is 45.1 Å². The first kappa shape index (κ1) is 18.8. The average molecular weight is 371 g/mol. The number of allylic oxidation sites excluding steroid dienone is 1. The van der Waals surface area contributed by atoms with Gasteiger partial charge in [0.15, 0.2) is 5.78 Å². The Labute approximate surface area is 156 Å². The highest BCUT2D eigenvalue weighted by atomic mass is 16.6. The molecule has 2 N–H and O–H groups in total. The van der Waals surface area contributed by atoms with Crippen molar-refractivity contribution in [2.75, 3.05) is 5.32 Å². The van der Waals surface area contributed by atoms with Gasteiger partial charge in [0, 0.05) is 41.9 Å². The maximum Gasteiger partial charge on any atom is 0.269 e. The minimum Gasteiger partial charge on any atom is -0.329 e. The van der Waals surface area contributed by atoms with Crippen LogP contribution in [0.1, 0.15) is 38.7 Å². The van der Waals surface area contributed by atoms with E-state index in [1.807, 2.05) is 13.8 Å². The molecule has 0 radical (unpaired) electrons. The molecule has 0 aromatic heterocycles. The first-order valence-electron chi connectivity index (χ1n) is 8.69. The third-order valence-electron chi connectivity index (χ3n) is 4.94. The Morgan fingerprint density at radius 3 is 2.63 bits per heavy atom. The predicted octanol–water partition coefficient (Wildman–Crippen LogP) is 2.62. The van der Waals surface area contributed by atoms with E-state index in [0.29, 0.717) is 35.4 Å². The average Bonchev–Trinajstić information content (AvgIpc) is 2.53. The van der Waals surface area contributed by atoms with E-state index in [1.165, 1.54) is 18.2 Å². The SMILES string of the molecule is Cc1cc([N+](=O)[O-])ccc1NC(=O)[C@@H]1CC(=O)NC2=C1C(=O)CC(C)(C)C2. The summed E-state index contributed by atoms with van der Waals surface area (Å²) in [5, 5.41) is 16.3. The lowest BCUT2D eigenvalue weighted by Crippen LogP contribution is -2.44. The molecule has 0 unspecified atom stereocenters. The summed E-state index contributed by atoms with van der Waals surface area (Å²) in [6, 6.07) is 4.12. The van der Waals surface area contributed by atoms with Gasteiger partial charge in [-0.1, -0.05) is 13.8 Å². The number of nitrogens with one attached hydrogen (secondary N) is 2. The highest BCUT2D eigenvalue weighted by Crippen LogP contribution is 2.41. The zero-order chi connectivity index (χ0) is 19.9. The molecule has 2 aliphatic rings. The lowest BCUT2D eigenvalue weighted by Gasteiger charge is -2.37. The molecule has 2 amide bonds. The number of carbonyl (C=O) groups is 3. The summed E-state index contributed by atoms with van der Waals surface area (Å²) in [6.45, 7) is 5.55. The zero-order valence-electron chi connectivity index (χ0n) is 15.4. The second kappa shape index (κ2) is 6.61. The van der Waals surface area contributed by atoms with Gasteiger partial charge in [-0.15, -0.1) is 0 Å². The standard InChI is InChI=1S/C19H21N3O5/c1-10-6-11(22(26)27)4-5-13(10)21-18(25)12-7-16(24)20-14-8-19(2,3)9-15(23)17(12)14/h4-6,12H,7-9H2,1-3H3,(H,20,24)(H,21,25)/t12-/m1/s1. The van der Waals surface area contributed by atoms with Crippen molar-refractivity contribution in [1.29, 1.82) is 0 Å². The van der Waals surface area contributed by atoms with Crippen molar-refractivity contribution in [1.82, 2.24) is 5.32 Å². The number of carbonyl (C=O) groups excluding carboxylic acids is 3. The van der Waals surface area contributed by atoms with Crippen LogP contribution in [0.2, 0.25) is 0 Å². The number of amides is 2. The molecule has 3 rings (SSSR count). The van der Waals surface area contributed by atoms with Crippen LogP contribution in [-0.4, -0.2) is 22.5 Å². The van der Waals surface area contributed by atoms with E-state index in [2.05, 4.69) is 10.6 Å². The zero-order valence-corrected chi connectivity index (χ0v) is 15.4. The summed E-state index contributed by atoms with van der Waals surface area (Å²) in [5.41, 5.74) is 1.53. The van der Waals surface area contributed by atoms with Crippen molar-refractivity contribution in [2.24, 2.45) is 11.3 Å². The second-order valence-electron chi connectivity index (χ2n) is 7.88. The largest absolute Gasteiger partial charge is 0.329 e. The third-order valence-corrected chi connectivity index (χ3v) is 4.94. The van der Waals surface area contributed by atoms with Crippen LogP contribution < -0.4 is 10.6 Å². The Hall–Kier alpha value is -3.03. The molecule has 1 aromatic carbocycles. The van der Waals surface area contributed by atoms with Gasteiger partial charge in [-0.25, -0.2) is 0 Å². The van der Waals surface area contributed by atoms with Crippen LogP contribution in [-0.2, 0) is 14.4 Å². The lowest BCUT2D eigenvalue weighted by molar-refractivity contribution is -0.384. The van der Waals surface area contributed by atoms with E-state index in [4.69, 9.17) is 0 Å². The first-order chi connectivity index (χ1) is 12.6. The van der Waals surface area contributed by atoms with Crippen LogP contribution in [0.3, 0.4) is 0 Å². The molecule has 27 heavy (non-hydrogen) atoms. The van der Waals surface area contributed by atoms with Gasteiger partial charge in [-0.05, 0) is 30.4 Å². The van der Waals surface area contributed by atoms with Crippen molar-refractivity contribution in [2.45, 2.75) is 40.0 Å². The molecular weight excluding hydrogens is 350 g/mol. The molecule has 0 bridgehead atoms. The number of non-ortho nitro benzene ring substituents is 1. The Balaban J connectivity index is 1.89. The van der Waals surface area contributed by atoms with Crippen molar-refractivity contribution in [3.8, 4) is 0 Å². The van der Waals surface area contributed by atoms with Crippen LogP contribution in [0.5, 0.6) is 0 Å². The Kier molecular flexibility index (Phi) is 4.59. The quantitative estimate of drug-likeness (QED) is 0.625. The molecule has 0 saturated carbocycles. The summed E-state index contributed by atoms with van der Waals surface area (Å²) in [7, 11) is 0. The maximum atomic E-state index is 12.8. The van der Waals surface area contributed by atoms with Gasteiger partial charge in [0.1, 0.15) is 0 Å². The molecule has 1 atom stereocenters. The van der Waals surface area contributed by atoms with Gasteiger partial charge in [-0.3, -0.25) is 24.5 Å². The summed E-state index contributed by atoms with van der Waals surface area (Å²) in [5.74, 6) is -1.73. The third kappa shape index (κ3) is 3.74. The van der Waals surface area contributed by atoms with Gasteiger partial charge in [0.05, 0.1) is 10.8 Å². The first-order valence-corrected chi connectivity index (χ1v) is 8.69. The second-order valence-corrected chi connectivity index (χ2v) is 7.88. The van der Waals surface area contributed by atoms with Crippen LogP contribution in [0.25, 0.3) is 0 Å². The molecular formula is C19H21N3O5. The minimum absolute atomic E-state index is 0.0720. The van der Waals surface area contributed by atoms with Gasteiger partial charge in [0.25, 0.3) is 5.69 Å². The fraction of sp³-hybridized carbons (Fsp3) is 0.421. The number of ketones is 1. The number of hydrogen-bond acceptors (Lipinski definition) is 5. The Bertz CT molecular complexity index is 901. The van der Waals surface area contributed by atoms with Gasteiger partial charge in [0.2, 0.25) is 11.8 Å². The molecule has 142 valence electrons. The van der Waals surface area contributed by atoms with Gasteiger partial charge < -0.3 is 10.6 Å². The van der Waals surface area contributed by atoms with E-state index in [0.717, 1.165) is 0 Å². The van der Waals surface area contributed by atoms with Crippen LogP contribution in [0.15, 0.2) is 29.5 Å². The van der Waals surface area contributed by atoms with Gasteiger partial charge in [-0.2, -0.15) is 0 Å².